The fraction of sp³-hybridized carbons (Fsp3) is 1.00. The van der Waals surface area contributed by atoms with E-state index in [4.69, 9.17) is 4.74 Å². The van der Waals surface area contributed by atoms with Gasteiger partial charge in [0.1, 0.15) is 0 Å². The molecule has 0 rings (SSSR count). The number of methoxy groups -OCH3 is 1. The molecule has 0 unspecified atom stereocenters. The first-order valence-corrected chi connectivity index (χ1v) is 7.02. The number of nitrogens with one attached hydrogen (secondary N) is 1. The van der Waals surface area contributed by atoms with Crippen LogP contribution in [-0.4, -0.2) is 51.8 Å². The summed E-state index contributed by atoms with van der Waals surface area (Å²) in [5, 5.41) is 3.58. The Kier molecular flexibility index (Phi) is 9.79. The van der Waals surface area contributed by atoms with Crippen molar-refractivity contribution in [3.63, 3.8) is 0 Å². The van der Waals surface area contributed by atoms with E-state index in [9.17, 15) is 0 Å². The van der Waals surface area contributed by atoms with Gasteiger partial charge in [0.25, 0.3) is 0 Å². The maximum absolute atomic E-state index is 5.14. The van der Waals surface area contributed by atoms with Crippen LogP contribution in [0.3, 0.4) is 0 Å². The van der Waals surface area contributed by atoms with Gasteiger partial charge in [0.2, 0.25) is 0 Å². The fourth-order valence-corrected chi connectivity index (χ4v) is 2.21. The molecule has 0 heterocycles. The van der Waals surface area contributed by atoms with E-state index in [1.165, 1.54) is 19.3 Å². The fourth-order valence-electron chi connectivity index (χ4n) is 2.21. The van der Waals surface area contributed by atoms with Gasteiger partial charge >= 0.3 is 0 Å². The summed E-state index contributed by atoms with van der Waals surface area (Å²) in [5.41, 5.74) is 0.414. The van der Waals surface area contributed by atoms with E-state index in [1.807, 2.05) is 0 Å². The Hall–Kier alpha value is -0.120. The third-order valence-electron chi connectivity index (χ3n) is 3.71. The molecule has 0 aromatic heterocycles. The minimum Gasteiger partial charge on any atom is -0.383 e. The summed E-state index contributed by atoms with van der Waals surface area (Å²) in [5.74, 6) is 0. The number of nitrogens with zero attached hydrogens (tertiary/aromatic N) is 1. The summed E-state index contributed by atoms with van der Waals surface area (Å²) in [4.78, 5) is 2.39. The normalized spacial score (nSPS) is 12.4. The molecule has 0 aromatic carbocycles. The predicted octanol–water partition coefficient (Wildman–Crippen LogP) is 2.37. The van der Waals surface area contributed by atoms with Crippen molar-refractivity contribution >= 4 is 0 Å². The van der Waals surface area contributed by atoms with Crippen molar-refractivity contribution in [1.82, 2.24) is 10.2 Å². The maximum Gasteiger partial charge on any atom is 0.0589 e. The molecule has 0 aliphatic rings. The van der Waals surface area contributed by atoms with Crippen LogP contribution in [0.25, 0.3) is 0 Å². The van der Waals surface area contributed by atoms with Crippen molar-refractivity contribution in [3.05, 3.63) is 0 Å². The third-order valence-corrected chi connectivity index (χ3v) is 3.71. The average Bonchev–Trinajstić information content (AvgIpc) is 2.35. The van der Waals surface area contributed by atoms with Gasteiger partial charge in [-0.2, -0.15) is 0 Å². The van der Waals surface area contributed by atoms with Crippen molar-refractivity contribution in [2.75, 3.05) is 46.9 Å². The van der Waals surface area contributed by atoms with Crippen LogP contribution in [-0.2, 0) is 4.74 Å². The summed E-state index contributed by atoms with van der Waals surface area (Å²) in [6, 6.07) is 0. The molecule has 3 heteroatoms. The molecule has 1 N–H and O–H groups in total. The van der Waals surface area contributed by atoms with Gasteiger partial charge < -0.3 is 15.0 Å². The lowest BCUT2D eigenvalue weighted by Gasteiger charge is -2.36. The minimum absolute atomic E-state index is 0.414. The lowest BCUT2D eigenvalue weighted by Crippen LogP contribution is -2.43. The Bertz CT molecular complexity index is 170. The van der Waals surface area contributed by atoms with Crippen LogP contribution in [0.15, 0.2) is 0 Å². The molecule has 0 saturated heterocycles. The van der Waals surface area contributed by atoms with Crippen molar-refractivity contribution in [2.45, 2.75) is 40.0 Å². The van der Waals surface area contributed by atoms with Crippen LogP contribution in [0, 0.1) is 5.41 Å². The molecule has 104 valence electrons. The largest absolute Gasteiger partial charge is 0.383 e. The number of likely N-dealkylation sites (N-methyl/N-ethyl adjacent to an activating group) is 1. The van der Waals surface area contributed by atoms with Crippen molar-refractivity contribution < 1.29 is 4.74 Å². The first-order chi connectivity index (χ1) is 8.14. The highest BCUT2D eigenvalue weighted by Crippen LogP contribution is 2.26. The second-order valence-corrected chi connectivity index (χ2v) is 5.11. The summed E-state index contributed by atoms with van der Waals surface area (Å²) in [7, 11) is 3.96. The number of ether oxygens (including phenoxy) is 1. The Morgan fingerprint density at radius 1 is 1.18 bits per heavy atom. The van der Waals surface area contributed by atoms with Gasteiger partial charge in [0.05, 0.1) is 6.61 Å². The number of rotatable bonds is 11. The SMILES string of the molecule is CCCNCC(CC)(CC)CN(C)CCOC. The smallest absolute Gasteiger partial charge is 0.0589 e. The Morgan fingerprint density at radius 3 is 2.29 bits per heavy atom. The zero-order valence-corrected chi connectivity index (χ0v) is 12.5. The van der Waals surface area contributed by atoms with E-state index >= 15 is 0 Å². The highest BCUT2D eigenvalue weighted by atomic mass is 16.5. The molecule has 0 spiro atoms. The third kappa shape index (κ3) is 7.02. The molecule has 0 aliphatic heterocycles. The first kappa shape index (κ1) is 16.9. The molecule has 0 bridgehead atoms. The van der Waals surface area contributed by atoms with Crippen LogP contribution in [0.2, 0.25) is 0 Å². The van der Waals surface area contributed by atoms with E-state index in [-0.39, 0.29) is 0 Å². The first-order valence-electron chi connectivity index (χ1n) is 7.02. The topological polar surface area (TPSA) is 24.5 Å². The van der Waals surface area contributed by atoms with Gasteiger partial charge in [0, 0.05) is 26.7 Å². The van der Waals surface area contributed by atoms with Crippen molar-refractivity contribution in [1.29, 1.82) is 0 Å². The van der Waals surface area contributed by atoms with Crippen LogP contribution in [0.4, 0.5) is 0 Å². The second-order valence-electron chi connectivity index (χ2n) is 5.11. The highest BCUT2D eigenvalue weighted by Gasteiger charge is 2.27. The molecule has 3 nitrogen and oxygen atoms in total. The summed E-state index contributed by atoms with van der Waals surface area (Å²) < 4.78 is 5.14. The molecule has 0 aliphatic carbocycles. The molecule has 0 radical (unpaired) electrons. The monoisotopic (exact) mass is 244 g/mol. The lowest BCUT2D eigenvalue weighted by molar-refractivity contribution is 0.115. The molecule has 0 amide bonds. The van der Waals surface area contributed by atoms with Crippen molar-refractivity contribution in [2.24, 2.45) is 5.41 Å². The molecule has 0 atom stereocenters. The van der Waals surface area contributed by atoms with Crippen LogP contribution < -0.4 is 5.32 Å². The average molecular weight is 244 g/mol. The molecule has 0 fully saturated rings. The number of hydrogen-bond donors (Lipinski definition) is 1. The Balaban J connectivity index is 4.17. The predicted molar refractivity (Wildman–Crippen MR) is 75.5 cm³/mol. The van der Waals surface area contributed by atoms with Gasteiger partial charge in [-0.05, 0) is 38.3 Å². The minimum atomic E-state index is 0.414. The van der Waals surface area contributed by atoms with E-state index < -0.39 is 0 Å². The highest BCUT2D eigenvalue weighted by molar-refractivity contribution is 4.82. The molecule has 0 aromatic rings. The molecule has 0 saturated carbocycles. The lowest BCUT2D eigenvalue weighted by atomic mass is 9.81. The maximum atomic E-state index is 5.14. The van der Waals surface area contributed by atoms with Gasteiger partial charge in [-0.1, -0.05) is 20.8 Å². The number of hydrogen-bond acceptors (Lipinski definition) is 3. The van der Waals surface area contributed by atoms with E-state index in [0.717, 1.165) is 32.8 Å². The van der Waals surface area contributed by atoms with Crippen LogP contribution in [0.1, 0.15) is 40.0 Å². The van der Waals surface area contributed by atoms with Gasteiger partial charge in [-0.3, -0.25) is 0 Å². The summed E-state index contributed by atoms with van der Waals surface area (Å²) in [6.07, 6.45) is 3.68. The molecule has 17 heavy (non-hydrogen) atoms. The Morgan fingerprint density at radius 2 is 1.82 bits per heavy atom. The molecular weight excluding hydrogens is 212 g/mol. The van der Waals surface area contributed by atoms with Crippen molar-refractivity contribution in [3.8, 4) is 0 Å². The quantitative estimate of drug-likeness (QED) is 0.565. The van der Waals surface area contributed by atoms with Gasteiger partial charge in [0.15, 0.2) is 0 Å². The van der Waals surface area contributed by atoms with Gasteiger partial charge in [-0.25, -0.2) is 0 Å². The standard InChI is InChI=1S/C14H32N2O/c1-6-9-15-12-14(7-2,8-3)13-16(4)10-11-17-5/h15H,6-13H2,1-5H3. The van der Waals surface area contributed by atoms with Crippen LogP contribution >= 0.6 is 0 Å². The summed E-state index contributed by atoms with van der Waals surface area (Å²) >= 11 is 0. The second kappa shape index (κ2) is 9.86. The zero-order chi connectivity index (χ0) is 13.1. The van der Waals surface area contributed by atoms with E-state index in [2.05, 4.69) is 38.0 Å². The van der Waals surface area contributed by atoms with E-state index in [0.29, 0.717) is 5.41 Å². The molecular formula is C14H32N2O. The summed E-state index contributed by atoms with van der Waals surface area (Å²) in [6.45, 7) is 12.1. The van der Waals surface area contributed by atoms with Crippen LogP contribution in [0.5, 0.6) is 0 Å². The zero-order valence-electron chi connectivity index (χ0n) is 12.5. The van der Waals surface area contributed by atoms with Gasteiger partial charge in [-0.15, -0.1) is 0 Å². The Labute approximate surface area is 108 Å². The van der Waals surface area contributed by atoms with E-state index in [1.54, 1.807) is 7.11 Å².